The zero-order valence-corrected chi connectivity index (χ0v) is 15.5. The van der Waals surface area contributed by atoms with E-state index in [0.717, 1.165) is 10.6 Å². The number of carbonyl (C=O) groups is 1. The second kappa shape index (κ2) is 7.41. The summed E-state index contributed by atoms with van der Waals surface area (Å²) in [6.45, 7) is 3.14. The van der Waals surface area contributed by atoms with E-state index in [1.807, 2.05) is 0 Å². The van der Waals surface area contributed by atoms with Crippen LogP contribution < -0.4 is 9.62 Å². The van der Waals surface area contributed by atoms with E-state index >= 15 is 0 Å². The first kappa shape index (κ1) is 19.2. The molecule has 0 unspecified atom stereocenters. The standard InChI is InChI=1S/C17H18ClFN2O3S/c1-11-8-9-13(18)10-16(11)21(25(3,23)24)12(2)17(22)20-15-7-5-4-6-14(15)19/h4-10,12H,1-3H3,(H,20,22)/t12-/m1/s1. The molecule has 5 nitrogen and oxygen atoms in total. The van der Waals surface area contributed by atoms with Crippen molar-refractivity contribution < 1.29 is 17.6 Å². The molecule has 0 saturated heterocycles. The van der Waals surface area contributed by atoms with E-state index in [-0.39, 0.29) is 5.69 Å². The van der Waals surface area contributed by atoms with Gasteiger partial charge in [-0.05, 0) is 43.7 Å². The summed E-state index contributed by atoms with van der Waals surface area (Å²) < 4.78 is 39.3. The van der Waals surface area contributed by atoms with E-state index in [0.29, 0.717) is 16.3 Å². The Labute approximate surface area is 151 Å². The van der Waals surface area contributed by atoms with Crippen LogP contribution in [0.1, 0.15) is 12.5 Å². The predicted molar refractivity (Wildman–Crippen MR) is 98.0 cm³/mol. The fraction of sp³-hybridized carbons (Fsp3) is 0.235. The molecule has 0 aliphatic carbocycles. The van der Waals surface area contributed by atoms with Crippen LogP contribution in [0.25, 0.3) is 0 Å². The van der Waals surface area contributed by atoms with Crippen molar-refractivity contribution in [2.24, 2.45) is 0 Å². The summed E-state index contributed by atoms with van der Waals surface area (Å²) in [5.74, 6) is -1.26. The highest BCUT2D eigenvalue weighted by Crippen LogP contribution is 2.28. The number of aryl methyl sites for hydroxylation is 1. The molecule has 2 aromatic carbocycles. The molecule has 0 radical (unpaired) electrons. The molecule has 0 aromatic heterocycles. The molecule has 134 valence electrons. The van der Waals surface area contributed by atoms with Gasteiger partial charge in [0.2, 0.25) is 15.9 Å². The summed E-state index contributed by atoms with van der Waals surface area (Å²) in [7, 11) is -3.78. The molecule has 8 heteroatoms. The van der Waals surface area contributed by atoms with E-state index < -0.39 is 27.8 Å². The van der Waals surface area contributed by atoms with Crippen molar-refractivity contribution in [1.82, 2.24) is 0 Å². The van der Waals surface area contributed by atoms with E-state index in [1.165, 1.54) is 31.2 Å². The van der Waals surface area contributed by atoms with Crippen LogP contribution in [-0.4, -0.2) is 26.6 Å². The molecule has 0 saturated carbocycles. The number of rotatable bonds is 5. The number of nitrogens with one attached hydrogen (secondary N) is 1. The van der Waals surface area contributed by atoms with Gasteiger partial charge in [0, 0.05) is 5.02 Å². The number of amides is 1. The molecule has 0 bridgehead atoms. The Hall–Kier alpha value is -2.12. The van der Waals surface area contributed by atoms with Gasteiger partial charge in [-0.2, -0.15) is 0 Å². The zero-order chi connectivity index (χ0) is 18.8. The summed E-state index contributed by atoms with van der Waals surface area (Å²) in [5, 5.41) is 2.76. The van der Waals surface area contributed by atoms with Gasteiger partial charge in [0.05, 0.1) is 17.6 Å². The topological polar surface area (TPSA) is 66.5 Å². The second-order valence-electron chi connectivity index (χ2n) is 5.63. The van der Waals surface area contributed by atoms with Gasteiger partial charge in [0.15, 0.2) is 0 Å². The van der Waals surface area contributed by atoms with Crippen LogP contribution >= 0.6 is 11.6 Å². The van der Waals surface area contributed by atoms with E-state index in [9.17, 15) is 17.6 Å². The molecule has 1 N–H and O–H groups in total. The van der Waals surface area contributed by atoms with Gasteiger partial charge in [-0.3, -0.25) is 9.10 Å². The number of hydrogen-bond acceptors (Lipinski definition) is 3. The van der Waals surface area contributed by atoms with Crippen molar-refractivity contribution in [3.63, 3.8) is 0 Å². The third-order valence-electron chi connectivity index (χ3n) is 3.63. The van der Waals surface area contributed by atoms with Gasteiger partial charge in [0.25, 0.3) is 0 Å². The monoisotopic (exact) mass is 384 g/mol. The molecule has 2 aromatic rings. The summed E-state index contributed by atoms with van der Waals surface area (Å²) in [5.41, 5.74) is 0.919. The molecule has 1 atom stereocenters. The van der Waals surface area contributed by atoms with Gasteiger partial charge in [-0.25, -0.2) is 12.8 Å². The van der Waals surface area contributed by atoms with Crippen molar-refractivity contribution in [2.45, 2.75) is 19.9 Å². The highest BCUT2D eigenvalue weighted by molar-refractivity contribution is 7.92. The van der Waals surface area contributed by atoms with Gasteiger partial charge < -0.3 is 5.32 Å². The summed E-state index contributed by atoms with van der Waals surface area (Å²) >= 11 is 5.97. The molecule has 0 fully saturated rings. The van der Waals surface area contributed by atoms with Gasteiger partial charge >= 0.3 is 0 Å². The van der Waals surface area contributed by atoms with E-state index in [2.05, 4.69) is 5.32 Å². The summed E-state index contributed by atoms with van der Waals surface area (Å²) in [6.07, 6.45) is 1.00. The first-order valence-electron chi connectivity index (χ1n) is 7.42. The van der Waals surface area contributed by atoms with Crippen molar-refractivity contribution in [3.05, 3.63) is 58.9 Å². The van der Waals surface area contributed by atoms with Crippen molar-refractivity contribution >= 4 is 38.9 Å². The lowest BCUT2D eigenvalue weighted by molar-refractivity contribution is -0.116. The Bertz CT molecular complexity index is 903. The van der Waals surface area contributed by atoms with Crippen molar-refractivity contribution in [2.75, 3.05) is 15.9 Å². The highest BCUT2D eigenvalue weighted by atomic mass is 35.5. The second-order valence-corrected chi connectivity index (χ2v) is 7.93. The van der Waals surface area contributed by atoms with Crippen LogP contribution in [0, 0.1) is 12.7 Å². The molecular weight excluding hydrogens is 367 g/mol. The van der Waals surface area contributed by atoms with Gasteiger partial charge in [-0.1, -0.05) is 29.8 Å². The lowest BCUT2D eigenvalue weighted by atomic mass is 10.1. The fourth-order valence-electron chi connectivity index (χ4n) is 2.40. The molecule has 0 aliphatic heterocycles. The number of sulfonamides is 1. The lowest BCUT2D eigenvalue weighted by Gasteiger charge is -2.29. The maximum atomic E-state index is 13.7. The molecule has 0 aliphatic rings. The number of nitrogens with zero attached hydrogens (tertiary/aromatic N) is 1. The Morgan fingerprint density at radius 3 is 2.48 bits per heavy atom. The maximum absolute atomic E-state index is 13.7. The minimum absolute atomic E-state index is 0.0179. The largest absolute Gasteiger partial charge is 0.322 e. The molecule has 25 heavy (non-hydrogen) atoms. The molecular formula is C17H18ClFN2O3S. The zero-order valence-electron chi connectivity index (χ0n) is 14.0. The van der Waals surface area contributed by atoms with Crippen molar-refractivity contribution in [3.8, 4) is 0 Å². The smallest absolute Gasteiger partial charge is 0.248 e. The van der Waals surface area contributed by atoms with Crippen LogP contribution in [0.2, 0.25) is 5.02 Å². The fourth-order valence-corrected chi connectivity index (χ4v) is 3.79. The third-order valence-corrected chi connectivity index (χ3v) is 5.09. The van der Waals surface area contributed by atoms with Crippen LogP contribution in [0.15, 0.2) is 42.5 Å². The van der Waals surface area contributed by atoms with Crippen LogP contribution in [0.3, 0.4) is 0 Å². The number of halogens is 2. The molecule has 1 amide bonds. The Morgan fingerprint density at radius 1 is 1.24 bits per heavy atom. The molecule has 0 spiro atoms. The van der Waals surface area contributed by atoms with Crippen molar-refractivity contribution in [1.29, 1.82) is 0 Å². The average molecular weight is 385 g/mol. The lowest BCUT2D eigenvalue weighted by Crippen LogP contribution is -2.45. The number of carbonyl (C=O) groups excluding carboxylic acids is 1. The number of hydrogen-bond donors (Lipinski definition) is 1. The molecule has 0 heterocycles. The minimum atomic E-state index is -3.78. The van der Waals surface area contributed by atoms with E-state index in [4.69, 9.17) is 11.6 Å². The van der Waals surface area contributed by atoms with Gasteiger partial charge in [-0.15, -0.1) is 0 Å². The predicted octanol–water partition coefficient (Wildman–Crippen LogP) is 3.58. The first-order chi connectivity index (χ1) is 11.6. The summed E-state index contributed by atoms with van der Waals surface area (Å²) in [4.78, 5) is 12.5. The number of benzene rings is 2. The van der Waals surface area contributed by atoms with E-state index in [1.54, 1.807) is 25.1 Å². The normalized spacial score (nSPS) is 12.5. The van der Waals surface area contributed by atoms with Crippen LogP contribution in [-0.2, 0) is 14.8 Å². The Kier molecular flexibility index (Phi) is 5.69. The molecule has 2 rings (SSSR count). The number of para-hydroxylation sites is 1. The van der Waals surface area contributed by atoms with Crippen LogP contribution in [0.4, 0.5) is 15.8 Å². The average Bonchev–Trinajstić information content (AvgIpc) is 2.51. The highest BCUT2D eigenvalue weighted by Gasteiger charge is 2.30. The number of anilines is 2. The maximum Gasteiger partial charge on any atom is 0.248 e. The Morgan fingerprint density at radius 2 is 1.88 bits per heavy atom. The third kappa shape index (κ3) is 4.49. The van der Waals surface area contributed by atoms with Gasteiger partial charge in [0.1, 0.15) is 11.9 Å². The SMILES string of the molecule is Cc1ccc(Cl)cc1N([C@H](C)C(=O)Nc1ccccc1F)S(C)(=O)=O. The first-order valence-corrected chi connectivity index (χ1v) is 9.65. The minimum Gasteiger partial charge on any atom is -0.322 e. The van der Waals surface area contributed by atoms with Crippen LogP contribution in [0.5, 0.6) is 0 Å². The quantitative estimate of drug-likeness (QED) is 0.856. The summed E-state index contributed by atoms with van der Waals surface area (Å²) in [6, 6.07) is 9.33. The Balaban J connectivity index is 2.40.